The Morgan fingerprint density at radius 1 is 1.08 bits per heavy atom. The number of benzene rings is 1. The third-order valence-corrected chi connectivity index (χ3v) is 4.57. The van der Waals surface area contributed by atoms with Crippen molar-refractivity contribution in [2.24, 2.45) is 0 Å². The molecule has 6 heteroatoms. The lowest BCUT2D eigenvalue weighted by Gasteiger charge is -2.26. The Hall–Kier alpha value is -0.610. The summed E-state index contributed by atoms with van der Waals surface area (Å²) in [6.07, 6.45) is 7.85. The molecule has 1 aromatic carbocycles. The van der Waals surface area contributed by atoms with Gasteiger partial charge < -0.3 is 14.4 Å². The number of hydrogen-bond donors (Lipinski definition) is 0. The van der Waals surface area contributed by atoms with Crippen LogP contribution in [0.25, 0.3) is 0 Å². The van der Waals surface area contributed by atoms with E-state index < -0.39 is 0 Å². The van der Waals surface area contributed by atoms with Crippen LogP contribution in [0.4, 0.5) is 0 Å². The first kappa shape index (κ1) is 19.7. The maximum Gasteiger partial charge on any atom is 0.138 e. The third-order valence-electron chi connectivity index (χ3n) is 3.97. The lowest BCUT2D eigenvalue weighted by molar-refractivity contribution is 0.216. The third kappa shape index (κ3) is 7.52. The second kappa shape index (κ2) is 11.1. The number of ether oxygens (including phenoxy) is 2. The number of unbranched alkanes of at least 4 members (excludes halogenated alkanes) is 1. The van der Waals surface area contributed by atoms with E-state index in [-0.39, 0.29) is 11.1 Å². The summed E-state index contributed by atoms with van der Waals surface area (Å²) >= 11 is 17.3. The molecule has 24 heavy (non-hydrogen) atoms. The Morgan fingerprint density at radius 3 is 2.58 bits per heavy atom. The lowest BCUT2D eigenvalue weighted by Crippen LogP contribution is -2.30. The fourth-order valence-corrected chi connectivity index (χ4v) is 3.04. The summed E-state index contributed by atoms with van der Waals surface area (Å²) in [4.78, 5) is 2.55. The van der Waals surface area contributed by atoms with Crippen molar-refractivity contribution >= 4 is 34.8 Å². The summed E-state index contributed by atoms with van der Waals surface area (Å²) in [5, 5.41) is 0.514. The summed E-state index contributed by atoms with van der Waals surface area (Å²) in [6, 6.07) is 5.42. The smallest absolute Gasteiger partial charge is 0.138 e. The SMILES string of the molecule is ClC(Cl)=CCOc1ccc(OCCCCN2CCCCC2)cc1Cl. The number of halogens is 3. The molecule has 0 saturated carbocycles. The van der Waals surface area contributed by atoms with Crippen LogP contribution in [-0.2, 0) is 0 Å². The molecule has 1 aliphatic heterocycles. The largest absolute Gasteiger partial charge is 0.494 e. The van der Waals surface area contributed by atoms with Gasteiger partial charge in [-0.1, -0.05) is 41.2 Å². The number of rotatable bonds is 9. The first-order chi connectivity index (χ1) is 11.6. The number of likely N-dealkylation sites (tertiary alicyclic amines) is 1. The predicted octanol–water partition coefficient (Wildman–Crippen LogP) is 5.68. The normalized spacial score (nSPS) is 15.1. The molecule has 0 unspecified atom stereocenters. The molecule has 1 aliphatic rings. The van der Waals surface area contributed by atoms with Crippen LogP contribution in [0.5, 0.6) is 11.5 Å². The van der Waals surface area contributed by atoms with Gasteiger partial charge in [0.25, 0.3) is 0 Å². The average Bonchev–Trinajstić information content (AvgIpc) is 2.57. The molecule has 0 bridgehead atoms. The summed E-state index contributed by atoms with van der Waals surface area (Å²) in [6.45, 7) is 4.66. The van der Waals surface area contributed by atoms with E-state index in [9.17, 15) is 0 Å². The molecule has 1 heterocycles. The quantitative estimate of drug-likeness (QED) is 0.504. The zero-order chi connectivity index (χ0) is 17.2. The predicted molar refractivity (Wildman–Crippen MR) is 102 cm³/mol. The Morgan fingerprint density at radius 2 is 1.88 bits per heavy atom. The molecule has 0 aromatic heterocycles. The molecule has 0 radical (unpaired) electrons. The van der Waals surface area contributed by atoms with Crippen LogP contribution in [0.15, 0.2) is 28.8 Å². The number of piperidine rings is 1. The fourth-order valence-electron chi connectivity index (χ4n) is 2.69. The van der Waals surface area contributed by atoms with Crippen molar-refractivity contribution in [2.75, 3.05) is 32.8 Å². The molecular formula is C18H24Cl3NO2. The Labute approximate surface area is 159 Å². The highest BCUT2D eigenvalue weighted by molar-refractivity contribution is 6.55. The van der Waals surface area contributed by atoms with Crippen molar-refractivity contribution in [2.45, 2.75) is 32.1 Å². The summed E-state index contributed by atoms with van der Waals surface area (Å²) < 4.78 is 11.4. The molecular weight excluding hydrogens is 369 g/mol. The highest BCUT2D eigenvalue weighted by Gasteiger charge is 2.09. The zero-order valence-corrected chi connectivity index (χ0v) is 16.0. The molecule has 0 atom stereocenters. The minimum absolute atomic E-state index is 0.177. The van der Waals surface area contributed by atoms with E-state index in [1.54, 1.807) is 18.2 Å². The van der Waals surface area contributed by atoms with Gasteiger partial charge in [-0.3, -0.25) is 0 Å². The molecule has 1 aromatic rings. The average molecular weight is 393 g/mol. The van der Waals surface area contributed by atoms with Crippen molar-refractivity contribution in [3.05, 3.63) is 33.8 Å². The molecule has 1 saturated heterocycles. The van der Waals surface area contributed by atoms with E-state index >= 15 is 0 Å². The maximum atomic E-state index is 6.19. The van der Waals surface area contributed by atoms with Gasteiger partial charge in [-0.05, 0) is 63.5 Å². The van der Waals surface area contributed by atoms with Gasteiger partial charge in [-0.25, -0.2) is 0 Å². The minimum Gasteiger partial charge on any atom is -0.494 e. The van der Waals surface area contributed by atoms with Gasteiger partial charge >= 0.3 is 0 Å². The summed E-state index contributed by atoms with van der Waals surface area (Å²) in [5.74, 6) is 1.34. The highest BCUT2D eigenvalue weighted by atomic mass is 35.5. The molecule has 0 amide bonds. The van der Waals surface area contributed by atoms with Crippen LogP contribution in [0, 0.1) is 0 Å². The van der Waals surface area contributed by atoms with Gasteiger partial charge in [0.05, 0.1) is 11.6 Å². The van der Waals surface area contributed by atoms with Crippen LogP contribution in [0.1, 0.15) is 32.1 Å². The molecule has 134 valence electrons. The fraction of sp³-hybridized carbons (Fsp3) is 0.556. The maximum absolute atomic E-state index is 6.19. The van der Waals surface area contributed by atoms with E-state index in [0.717, 1.165) is 12.2 Å². The molecule has 2 rings (SSSR count). The van der Waals surface area contributed by atoms with Crippen LogP contribution < -0.4 is 9.47 Å². The highest BCUT2D eigenvalue weighted by Crippen LogP contribution is 2.29. The van der Waals surface area contributed by atoms with E-state index in [0.29, 0.717) is 17.4 Å². The Bertz CT molecular complexity index is 527. The first-order valence-electron chi connectivity index (χ1n) is 8.44. The first-order valence-corrected chi connectivity index (χ1v) is 9.57. The Balaban J connectivity index is 1.65. The lowest BCUT2D eigenvalue weighted by atomic mass is 10.1. The van der Waals surface area contributed by atoms with Gasteiger partial charge in [0.15, 0.2) is 0 Å². The van der Waals surface area contributed by atoms with Crippen molar-refractivity contribution in [3.63, 3.8) is 0 Å². The topological polar surface area (TPSA) is 21.7 Å². The molecule has 1 fully saturated rings. The van der Waals surface area contributed by atoms with E-state index in [4.69, 9.17) is 44.3 Å². The van der Waals surface area contributed by atoms with E-state index in [2.05, 4.69) is 4.90 Å². The van der Waals surface area contributed by atoms with Crippen molar-refractivity contribution < 1.29 is 9.47 Å². The molecule has 3 nitrogen and oxygen atoms in total. The molecule has 0 aliphatic carbocycles. The number of nitrogens with zero attached hydrogens (tertiary/aromatic N) is 1. The van der Waals surface area contributed by atoms with Crippen LogP contribution in [0.3, 0.4) is 0 Å². The Kier molecular flexibility index (Phi) is 9.11. The minimum atomic E-state index is 0.177. The summed E-state index contributed by atoms with van der Waals surface area (Å²) in [5.41, 5.74) is 0. The molecule has 0 spiro atoms. The zero-order valence-electron chi connectivity index (χ0n) is 13.8. The van der Waals surface area contributed by atoms with Crippen molar-refractivity contribution in [1.82, 2.24) is 4.90 Å². The number of hydrogen-bond acceptors (Lipinski definition) is 3. The van der Waals surface area contributed by atoms with Gasteiger partial charge in [-0.2, -0.15) is 0 Å². The summed E-state index contributed by atoms with van der Waals surface area (Å²) in [7, 11) is 0. The monoisotopic (exact) mass is 391 g/mol. The van der Waals surface area contributed by atoms with Crippen LogP contribution in [0.2, 0.25) is 5.02 Å². The van der Waals surface area contributed by atoms with E-state index in [1.807, 2.05) is 6.07 Å². The molecule has 0 N–H and O–H groups in total. The second-order valence-electron chi connectivity index (χ2n) is 5.85. The van der Waals surface area contributed by atoms with Gasteiger partial charge in [0.2, 0.25) is 0 Å². The van der Waals surface area contributed by atoms with Gasteiger partial charge in [-0.15, -0.1) is 0 Å². The van der Waals surface area contributed by atoms with Crippen LogP contribution in [-0.4, -0.2) is 37.7 Å². The van der Waals surface area contributed by atoms with Crippen molar-refractivity contribution in [1.29, 1.82) is 0 Å². The van der Waals surface area contributed by atoms with Gasteiger partial charge in [0, 0.05) is 6.07 Å². The van der Waals surface area contributed by atoms with Crippen LogP contribution >= 0.6 is 34.8 Å². The second-order valence-corrected chi connectivity index (χ2v) is 7.27. The van der Waals surface area contributed by atoms with Gasteiger partial charge in [0.1, 0.15) is 22.6 Å². The standard InChI is InChI=1S/C18H24Cl3NO2/c19-16-14-15(6-7-17(16)24-13-8-18(20)21)23-12-5-4-11-22-9-2-1-3-10-22/h6-8,14H,1-5,9-13H2. The van der Waals surface area contributed by atoms with E-state index in [1.165, 1.54) is 45.3 Å². The van der Waals surface area contributed by atoms with Crippen molar-refractivity contribution in [3.8, 4) is 11.5 Å².